The second kappa shape index (κ2) is 53.1. The summed E-state index contributed by atoms with van der Waals surface area (Å²) in [5.74, 6) is -6.03. The highest BCUT2D eigenvalue weighted by Gasteiger charge is 2.46. The fourth-order valence-electron chi connectivity index (χ4n) is 16.8. The molecule has 34 nitrogen and oxygen atoms in total. The molecule has 1 aliphatic carbocycles. The first-order chi connectivity index (χ1) is 64.1. The molecule has 0 saturated heterocycles. The summed E-state index contributed by atoms with van der Waals surface area (Å²) in [6, 6.07) is 22.5. The Kier molecular flexibility index (Phi) is 42.8. The predicted molar refractivity (Wildman–Crippen MR) is 506 cm³/mol. The summed E-state index contributed by atoms with van der Waals surface area (Å²) >= 11 is 0. The summed E-state index contributed by atoms with van der Waals surface area (Å²) in [6.45, 7) is 14.8. The van der Waals surface area contributed by atoms with Gasteiger partial charge in [-0.3, -0.25) is 52.5 Å². The van der Waals surface area contributed by atoms with Crippen LogP contribution in [-0.2, 0) is 110 Å². The normalized spacial score (nSPS) is 15.1. The number of Topliss-reactive ketones (excluding diaryl/α,β-unsaturated/α-hetero) is 2. The highest BCUT2D eigenvalue weighted by Crippen LogP contribution is 2.49. The van der Waals surface area contributed by atoms with E-state index in [9.17, 15) is 105 Å². The van der Waals surface area contributed by atoms with Crippen LogP contribution in [0.2, 0.25) is 0 Å². The molecule has 0 saturated carbocycles. The summed E-state index contributed by atoms with van der Waals surface area (Å²) in [6.07, 6.45) is 19.6. The van der Waals surface area contributed by atoms with E-state index in [-0.39, 0.29) is 141 Å². The average Bonchev–Trinajstić information content (AvgIpc) is 1.56. The number of hydrogen-bond acceptors (Lipinski definition) is 22. The summed E-state index contributed by atoms with van der Waals surface area (Å²) < 4.78 is 89.8. The standard InChI is InChI=1S/C99H132N8O26S2/c1-7-8-51-106-83-41-27-67(2)59-79(83)98(3,4)87(106)45-32-70-20-18-21-71(94(70)133-76-35-37-77(38-36-76)134(125,126)127)33-46-88-99(5,6)80-62-78(135(128,129)130)39-42-84(80)107(88)52-17-11-13-22-74(108)24-19-55-131-57-58-132-56-50-101-90(113)47-31-69-30-44-86(111)73(61-69)64-105(66-93(118)119)54-53-104(65-92(116)117)63-72-60-68(29-43-85(72)110)28-34-75(109)23-12-9-10-14-26-89(112)100-49-16-15-25-81(95(120)121)102-97(124)103-82(96(122)123)40-48-91(114)115/h27,29-30,32-33,35-39,41-46,59-62,81-82H,7-26,28,31,34,40,47-58,63-66H2,1-6H3,(H12-,100,101,102,103,110,111,112,113,114,115,116,117,118,119,120,121,122,123,124,125,126,127,128,129,130)/p+1. The second-order valence-electron chi connectivity index (χ2n) is 35.6. The Hall–Kier alpha value is -11.5. The van der Waals surface area contributed by atoms with Crippen molar-refractivity contribution in [3.63, 3.8) is 0 Å². The van der Waals surface area contributed by atoms with Gasteiger partial charge < -0.3 is 76.1 Å². The van der Waals surface area contributed by atoms with Crippen LogP contribution in [-0.4, -0.2) is 232 Å². The van der Waals surface area contributed by atoms with Gasteiger partial charge in [-0.25, -0.2) is 14.4 Å². The van der Waals surface area contributed by atoms with Gasteiger partial charge in [0, 0.05) is 149 Å². The Bertz CT molecular complexity index is 5390. The number of rotatable bonds is 62. The van der Waals surface area contributed by atoms with Gasteiger partial charge in [0.1, 0.15) is 53.2 Å². The van der Waals surface area contributed by atoms with E-state index in [1.54, 1.807) is 30.3 Å². The number of phenolic OH excluding ortho intramolecular Hbond substituents is 2. The number of nitrogens with one attached hydrogen (secondary N) is 4. The van der Waals surface area contributed by atoms with Gasteiger partial charge in [0.15, 0.2) is 5.71 Å². The Morgan fingerprint density at radius 3 is 1.70 bits per heavy atom. The molecule has 2 unspecified atom stereocenters. The van der Waals surface area contributed by atoms with Crippen LogP contribution in [0.15, 0.2) is 154 Å². The Labute approximate surface area is 789 Å². The van der Waals surface area contributed by atoms with Gasteiger partial charge in [0.2, 0.25) is 17.5 Å². The van der Waals surface area contributed by atoms with E-state index in [0.717, 1.165) is 66.0 Å². The molecule has 0 spiro atoms. The van der Waals surface area contributed by atoms with Crippen LogP contribution in [0.25, 0.3) is 0 Å². The van der Waals surface area contributed by atoms with E-state index in [1.807, 2.05) is 26.0 Å². The molecule has 2 aliphatic heterocycles. The zero-order chi connectivity index (χ0) is 98.6. The van der Waals surface area contributed by atoms with E-state index >= 15 is 0 Å². The lowest BCUT2D eigenvalue weighted by atomic mass is 9.81. The molecule has 8 rings (SSSR count). The summed E-state index contributed by atoms with van der Waals surface area (Å²) in [5, 5.41) is 79.1. The number of amides is 4. The van der Waals surface area contributed by atoms with E-state index in [4.69, 9.17) is 19.3 Å². The topological polar surface area (TPSA) is 510 Å². The Morgan fingerprint density at radius 1 is 0.533 bits per heavy atom. The number of anilines is 1. The molecule has 0 radical (unpaired) electrons. The number of ether oxygens (including phenoxy) is 3. The number of benzene rings is 5. The number of carbonyl (C=O) groups excluding carboxylic acids is 5. The number of nitrogens with zero attached hydrogens (tertiary/aromatic N) is 4. The molecule has 3 aliphatic rings. The molecule has 2 atom stereocenters. The third-order valence-corrected chi connectivity index (χ3v) is 25.9. The summed E-state index contributed by atoms with van der Waals surface area (Å²) in [7, 11) is -9.02. The van der Waals surface area contributed by atoms with Crippen molar-refractivity contribution in [3.8, 4) is 17.2 Å². The van der Waals surface area contributed by atoms with Gasteiger partial charge in [0.25, 0.3) is 20.2 Å². The molecule has 5 aromatic carbocycles. The maximum Gasteiger partial charge on any atom is 0.326 e. The zero-order valence-electron chi connectivity index (χ0n) is 78.1. The van der Waals surface area contributed by atoms with Crippen LogP contribution < -0.4 is 30.9 Å². The van der Waals surface area contributed by atoms with Gasteiger partial charge in [0.05, 0.1) is 48.1 Å². The lowest BCUT2D eigenvalue weighted by Crippen LogP contribution is -2.51. The second-order valence-corrected chi connectivity index (χ2v) is 38.4. The van der Waals surface area contributed by atoms with Crippen LogP contribution in [0.5, 0.6) is 17.2 Å². The maximum absolute atomic E-state index is 13.2. The molecule has 0 bridgehead atoms. The van der Waals surface area contributed by atoms with E-state index in [1.165, 1.54) is 75.1 Å². The number of ketones is 2. The fraction of sp³-hybridized carbons (Fsp3) is 0.505. The first-order valence-corrected chi connectivity index (χ1v) is 49.2. The number of carboxylic acid groups (broad SMARTS) is 5. The molecular formula is C99H133N8O26S2+. The minimum atomic E-state index is -4.55. The monoisotopic (exact) mass is 1910 g/mol. The van der Waals surface area contributed by atoms with Gasteiger partial charge in [-0.05, 0) is 212 Å². The molecule has 4 amide bonds. The minimum Gasteiger partial charge on any atom is -0.508 e. The average molecular weight is 1920 g/mol. The number of unbranched alkanes of at least 4 members (excludes halogenated alkanes) is 7. The van der Waals surface area contributed by atoms with E-state index in [2.05, 4.69) is 88.8 Å². The van der Waals surface area contributed by atoms with Crippen LogP contribution in [0.3, 0.4) is 0 Å². The molecule has 2 heterocycles. The molecule has 736 valence electrons. The number of carbonyl (C=O) groups is 10. The van der Waals surface area contributed by atoms with Crippen molar-refractivity contribution < 1.29 is 128 Å². The zero-order valence-corrected chi connectivity index (χ0v) is 79.7. The van der Waals surface area contributed by atoms with Gasteiger partial charge in [-0.15, -0.1) is 0 Å². The van der Waals surface area contributed by atoms with Crippen LogP contribution in [0.4, 0.5) is 16.2 Å². The number of aliphatic carboxylic acids is 5. The summed E-state index contributed by atoms with van der Waals surface area (Å²) in [4.78, 5) is 127. The van der Waals surface area contributed by atoms with Crippen molar-refractivity contribution in [2.45, 2.75) is 254 Å². The SMILES string of the molecule is CCCCN1/C(=C/C=C2\CCCC(/C=C/C3=[N+](CCCCCC(=O)CCCOCCOCCNC(=O)CCc4ccc(O)c(CN(CCN(CC(=O)O)Cc5cc(CCC(=O)CCCCCCC(=O)NCCCCC(NC(=O)NC(CCC(=O)O)C(=O)O)C(=O)O)ccc5O)CC(=O)O)c4)c4ccc(S(=O)(=O)O)cc4C3(C)C)=C2Oc2ccc(S(=O)(=O)O)cc2)C(C)(C)c2cc(C)ccc21. The number of allylic oxidation sites excluding steroid dienone is 7. The van der Waals surface area contributed by atoms with Crippen molar-refractivity contribution in [1.29, 1.82) is 0 Å². The lowest BCUT2D eigenvalue weighted by Gasteiger charge is -2.27. The van der Waals surface area contributed by atoms with Crippen LogP contribution >= 0.6 is 0 Å². The highest BCUT2D eigenvalue weighted by molar-refractivity contribution is 7.86. The number of urea groups is 1. The third-order valence-electron chi connectivity index (χ3n) is 24.2. The molecule has 0 fully saturated rings. The molecule has 13 N–H and O–H groups in total. The quantitative estimate of drug-likeness (QED) is 0.00977. The molecular weight excluding hydrogens is 1780 g/mol. The van der Waals surface area contributed by atoms with Gasteiger partial charge in [-0.2, -0.15) is 21.4 Å². The largest absolute Gasteiger partial charge is 0.508 e. The third kappa shape index (κ3) is 35.3. The van der Waals surface area contributed by atoms with Crippen molar-refractivity contribution >= 4 is 96.6 Å². The number of fused-ring (bicyclic) bond motifs is 2. The first kappa shape index (κ1) is 109. The van der Waals surface area contributed by atoms with Crippen molar-refractivity contribution in [1.82, 2.24) is 31.1 Å². The van der Waals surface area contributed by atoms with Gasteiger partial charge in [-0.1, -0.05) is 88.1 Å². The van der Waals surface area contributed by atoms with Crippen LogP contribution in [0, 0.1) is 6.92 Å². The highest BCUT2D eigenvalue weighted by atomic mass is 32.2. The number of aromatic hydroxyl groups is 2. The molecule has 135 heavy (non-hydrogen) atoms. The van der Waals surface area contributed by atoms with Crippen molar-refractivity contribution in [2.24, 2.45) is 0 Å². The Balaban J connectivity index is 0.722. The predicted octanol–water partition coefficient (Wildman–Crippen LogP) is 13.1. The number of aryl methyl sites for hydroxylation is 3. The number of hydrogen-bond donors (Lipinski definition) is 13. The first-order valence-electron chi connectivity index (χ1n) is 46.3. The van der Waals surface area contributed by atoms with E-state index < -0.39 is 99.5 Å². The number of carboxylic acids is 5. The van der Waals surface area contributed by atoms with Gasteiger partial charge >= 0.3 is 35.9 Å². The lowest BCUT2D eigenvalue weighted by molar-refractivity contribution is -0.438. The van der Waals surface area contributed by atoms with Crippen molar-refractivity contribution in [2.75, 3.05) is 83.7 Å². The smallest absolute Gasteiger partial charge is 0.326 e. The molecule has 5 aromatic rings. The number of phenols is 2. The van der Waals surface area contributed by atoms with Crippen molar-refractivity contribution in [3.05, 3.63) is 183 Å². The Morgan fingerprint density at radius 2 is 1.10 bits per heavy atom. The summed E-state index contributed by atoms with van der Waals surface area (Å²) in [5.41, 5.74) is 10.1. The molecule has 0 aromatic heterocycles. The maximum atomic E-state index is 13.2. The van der Waals surface area contributed by atoms with E-state index in [0.29, 0.717) is 143 Å². The minimum absolute atomic E-state index is 0.00675. The fourth-order valence-corrected chi connectivity index (χ4v) is 17.8. The molecule has 36 heteroatoms. The van der Waals surface area contributed by atoms with Crippen LogP contribution in [0.1, 0.15) is 228 Å².